The van der Waals surface area contributed by atoms with E-state index in [0.29, 0.717) is 18.8 Å². The molecule has 0 aliphatic heterocycles. The fourth-order valence-electron chi connectivity index (χ4n) is 0.748. The van der Waals surface area contributed by atoms with Gasteiger partial charge in [-0.1, -0.05) is 0 Å². The number of carboxylic acids is 1. The third kappa shape index (κ3) is 71.2. The zero-order valence-electron chi connectivity index (χ0n) is 11.9. The van der Waals surface area contributed by atoms with Crippen LogP contribution in [0.25, 0.3) is 0 Å². The maximum Gasteiger partial charge on any atom is 0.302 e. The summed E-state index contributed by atoms with van der Waals surface area (Å²) in [6.07, 6.45) is 0.750. The first kappa shape index (κ1) is 21.2. The Hall–Kier alpha value is -1.10. The number of rotatable bonds is 3. The Bertz CT molecular complexity index is 177. The monoisotopic (exact) mass is 250 g/mol. The molecule has 0 atom stereocenters. The van der Waals surface area contributed by atoms with E-state index >= 15 is 0 Å². The molecule has 5 nitrogen and oxygen atoms in total. The predicted octanol–water partition coefficient (Wildman–Crippen LogP) is 2.48. The maximum absolute atomic E-state index is 9.82. The molecule has 0 aliphatic carbocycles. The van der Waals surface area contributed by atoms with Crippen LogP contribution in [0.15, 0.2) is 0 Å². The highest BCUT2D eigenvalue weighted by Gasteiger charge is 1.94. The number of hydrogen-bond acceptors (Lipinski definition) is 4. The van der Waals surface area contributed by atoms with Gasteiger partial charge in [0.25, 0.3) is 5.97 Å². The van der Waals surface area contributed by atoms with Crippen molar-refractivity contribution >= 4 is 11.9 Å². The van der Waals surface area contributed by atoms with Crippen molar-refractivity contribution in [1.82, 2.24) is 0 Å². The fourth-order valence-corrected chi connectivity index (χ4v) is 0.748. The molecule has 0 fully saturated rings. The van der Waals surface area contributed by atoms with Gasteiger partial charge in [0.2, 0.25) is 0 Å². The van der Waals surface area contributed by atoms with Gasteiger partial charge in [0.05, 0.1) is 18.8 Å². The Morgan fingerprint density at radius 3 is 1.35 bits per heavy atom. The highest BCUT2D eigenvalue weighted by Crippen LogP contribution is 1.93. The predicted molar refractivity (Wildman–Crippen MR) is 67.0 cm³/mol. The van der Waals surface area contributed by atoms with Crippen LogP contribution >= 0.6 is 0 Å². The Morgan fingerprint density at radius 1 is 1.06 bits per heavy atom. The molecule has 0 heterocycles. The summed E-state index contributed by atoms with van der Waals surface area (Å²) in [5.74, 6) is -1.04. The van der Waals surface area contributed by atoms with Crippen molar-refractivity contribution in [2.45, 2.75) is 60.7 Å². The van der Waals surface area contributed by atoms with Crippen molar-refractivity contribution in [3.63, 3.8) is 0 Å². The molecule has 0 aromatic rings. The third-order valence-electron chi connectivity index (χ3n) is 0.892. The molecular formula is C12H26O5. The molecule has 0 aliphatic rings. The van der Waals surface area contributed by atoms with Gasteiger partial charge in [0, 0.05) is 13.8 Å². The largest absolute Gasteiger partial charge is 0.481 e. The van der Waals surface area contributed by atoms with E-state index in [9.17, 15) is 4.79 Å². The fraction of sp³-hybridized carbons (Fsp3) is 0.833. The molecule has 0 radical (unpaired) electrons. The summed E-state index contributed by atoms with van der Waals surface area (Å²) in [7, 11) is 0. The van der Waals surface area contributed by atoms with Crippen LogP contribution in [-0.2, 0) is 19.1 Å². The summed E-state index contributed by atoms with van der Waals surface area (Å²) >= 11 is 0. The van der Waals surface area contributed by atoms with Crippen LogP contribution in [-0.4, -0.2) is 35.9 Å². The first-order valence-electron chi connectivity index (χ1n) is 5.61. The second-order valence-electron chi connectivity index (χ2n) is 3.68. The minimum absolute atomic E-state index is 0.211. The minimum Gasteiger partial charge on any atom is -0.481 e. The van der Waals surface area contributed by atoms with E-state index < -0.39 is 5.97 Å². The molecular weight excluding hydrogens is 224 g/mol. The number of carbonyl (C=O) groups excluding carboxylic acids is 1. The minimum atomic E-state index is -0.833. The van der Waals surface area contributed by atoms with Crippen molar-refractivity contribution in [2.24, 2.45) is 0 Å². The lowest BCUT2D eigenvalue weighted by molar-refractivity contribution is -0.140. The summed E-state index contributed by atoms with van der Waals surface area (Å²) in [6, 6.07) is 0. The lowest BCUT2D eigenvalue weighted by atomic mass is 10.4. The van der Waals surface area contributed by atoms with Gasteiger partial charge < -0.3 is 14.6 Å². The Labute approximate surface area is 104 Å². The van der Waals surface area contributed by atoms with Crippen LogP contribution in [0.4, 0.5) is 0 Å². The molecule has 1 N–H and O–H groups in total. The van der Waals surface area contributed by atoms with Gasteiger partial charge in [-0.2, -0.15) is 0 Å². The van der Waals surface area contributed by atoms with Gasteiger partial charge in [0.15, 0.2) is 0 Å². The SMILES string of the molecule is CC(=O)O.CC(C)OC(C)C.CCOC(C)=O. The van der Waals surface area contributed by atoms with Crippen molar-refractivity contribution in [3.8, 4) is 0 Å². The Morgan fingerprint density at radius 2 is 1.35 bits per heavy atom. The Balaban J connectivity index is -0.000000180. The van der Waals surface area contributed by atoms with E-state index in [1.807, 2.05) is 27.7 Å². The number of carboxylic acid groups (broad SMARTS) is 1. The van der Waals surface area contributed by atoms with Gasteiger partial charge in [-0.15, -0.1) is 0 Å². The van der Waals surface area contributed by atoms with Crippen molar-refractivity contribution in [2.75, 3.05) is 6.61 Å². The molecule has 5 heteroatoms. The van der Waals surface area contributed by atoms with Crippen LogP contribution in [0.2, 0.25) is 0 Å². The first-order chi connectivity index (χ1) is 7.63. The van der Waals surface area contributed by atoms with Crippen molar-refractivity contribution in [3.05, 3.63) is 0 Å². The molecule has 0 saturated heterocycles. The van der Waals surface area contributed by atoms with Crippen LogP contribution in [0.3, 0.4) is 0 Å². The molecule has 0 bridgehead atoms. The van der Waals surface area contributed by atoms with Gasteiger partial charge in [0.1, 0.15) is 0 Å². The smallest absolute Gasteiger partial charge is 0.302 e. The first-order valence-corrected chi connectivity index (χ1v) is 5.61. The van der Waals surface area contributed by atoms with Crippen LogP contribution in [0.1, 0.15) is 48.5 Å². The number of esters is 1. The average molecular weight is 250 g/mol. The second kappa shape index (κ2) is 14.9. The summed E-state index contributed by atoms with van der Waals surface area (Å²) in [5, 5.41) is 7.42. The molecule has 0 unspecified atom stereocenters. The van der Waals surface area contributed by atoms with E-state index in [4.69, 9.17) is 14.6 Å². The van der Waals surface area contributed by atoms with E-state index in [-0.39, 0.29) is 5.97 Å². The van der Waals surface area contributed by atoms with Gasteiger partial charge in [-0.3, -0.25) is 9.59 Å². The summed E-state index contributed by atoms with van der Waals surface area (Å²) in [5.41, 5.74) is 0. The molecule has 0 amide bonds. The standard InChI is InChI=1S/C6H14O.C4H8O2.C2H4O2/c1-5(2)7-6(3)4;1-3-6-4(2)5;1-2(3)4/h5-6H,1-4H3;3H2,1-2H3;1H3,(H,3,4). The van der Waals surface area contributed by atoms with Crippen LogP contribution < -0.4 is 0 Å². The molecule has 0 aromatic carbocycles. The molecule has 0 spiro atoms. The summed E-state index contributed by atoms with van der Waals surface area (Å²) in [4.78, 5) is 18.8. The molecule has 0 saturated carbocycles. The third-order valence-corrected chi connectivity index (χ3v) is 0.892. The van der Waals surface area contributed by atoms with Gasteiger partial charge in [-0.25, -0.2) is 0 Å². The van der Waals surface area contributed by atoms with E-state index in [1.54, 1.807) is 6.92 Å². The number of ether oxygens (including phenoxy) is 2. The Kier molecular flexibility index (Phi) is 18.6. The van der Waals surface area contributed by atoms with E-state index in [2.05, 4.69) is 4.74 Å². The number of carbonyl (C=O) groups is 2. The molecule has 0 aromatic heterocycles. The number of hydrogen-bond donors (Lipinski definition) is 1. The second-order valence-corrected chi connectivity index (χ2v) is 3.68. The number of aliphatic carboxylic acids is 1. The van der Waals surface area contributed by atoms with E-state index in [0.717, 1.165) is 6.92 Å². The molecule has 0 rings (SSSR count). The molecule has 104 valence electrons. The van der Waals surface area contributed by atoms with Gasteiger partial charge >= 0.3 is 5.97 Å². The summed E-state index contributed by atoms with van der Waals surface area (Å²) < 4.78 is 9.65. The van der Waals surface area contributed by atoms with E-state index in [1.165, 1.54) is 6.92 Å². The quantitative estimate of drug-likeness (QED) is 0.779. The lowest BCUT2D eigenvalue weighted by Gasteiger charge is -2.09. The normalized spacial score (nSPS) is 8.76. The highest BCUT2D eigenvalue weighted by molar-refractivity contribution is 5.65. The molecule has 17 heavy (non-hydrogen) atoms. The maximum atomic E-state index is 9.82. The zero-order valence-corrected chi connectivity index (χ0v) is 11.9. The van der Waals surface area contributed by atoms with Crippen LogP contribution in [0.5, 0.6) is 0 Å². The van der Waals surface area contributed by atoms with Crippen molar-refractivity contribution < 1.29 is 24.2 Å². The zero-order chi connectivity index (χ0) is 14.4. The lowest BCUT2D eigenvalue weighted by Crippen LogP contribution is -2.09. The topological polar surface area (TPSA) is 72.8 Å². The van der Waals surface area contributed by atoms with Crippen LogP contribution in [0, 0.1) is 0 Å². The summed E-state index contributed by atoms with van der Waals surface area (Å²) in [6.45, 7) is 12.9. The average Bonchev–Trinajstić information content (AvgIpc) is 1.99. The highest BCUT2D eigenvalue weighted by atomic mass is 16.5. The van der Waals surface area contributed by atoms with Crippen molar-refractivity contribution in [1.29, 1.82) is 0 Å². The van der Waals surface area contributed by atoms with Gasteiger partial charge in [-0.05, 0) is 34.6 Å².